The van der Waals surface area contributed by atoms with Crippen LogP contribution in [0.5, 0.6) is 5.75 Å². The third-order valence-electron chi connectivity index (χ3n) is 3.10. The van der Waals surface area contributed by atoms with Gasteiger partial charge in [-0.05, 0) is 31.6 Å². The summed E-state index contributed by atoms with van der Waals surface area (Å²) in [6.07, 6.45) is 2.42. The molecule has 2 nitrogen and oxygen atoms in total. The zero-order chi connectivity index (χ0) is 12.3. The average Bonchev–Trinajstić information content (AvgIpc) is 2.30. The van der Waals surface area contributed by atoms with Crippen LogP contribution in [0.4, 0.5) is 4.39 Å². The first-order chi connectivity index (χ1) is 8.16. The quantitative estimate of drug-likeness (QED) is 0.870. The number of hydrogen-bond acceptors (Lipinski definition) is 3. The predicted molar refractivity (Wildman–Crippen MR) is 70.0 cm³/mol. The molecule has 1 aromatic carbocycles. The van der Waals surface area contributed by atoms with Gasteiger partial charge in [0.05, 0.1) is 0 Å². The lowest BCUT2D eigenvalue weighted by molar-refractivity contribution is 0.420. The SMILES string of the molecule is CC(NC1CCCSC1)c1ccc(F)cc1O. The number of hydrogen-bond donors (Lipinski definition) is 2. The van der Waals surface area contributed by atoms with Gasteiger partial charge in [-0.3, -0.25) is 0 Å². The topological polar surface area (TPSA) is 32.3 Å². The van der Waals surface area contributed by atoms with E-state index in [1.165, 1.54) is 30.7 Å². The van der Waals surface area contributed by atoms with Crippen molar-refractivity contribution >= 4 is 11.8 Å². The molecule has 1 saturated heterocycles. The van der Waals surface area contributed by atoms with Crippen LogP contribution in [0.3, 0.4) is 0 Å². The molecule has 17 heavy (non-hydrogen) atoms. The van der Waals surface area contributed by atoms with Gasteiger partial charge in [0.1, 0.15) is 11.6 Å². The van der Waals surface area contributed by atoms with E-state index in [0.29, 0.717) is 6.04 Å². The molecule has 0 spiro atoms. The van der Waals surface area contributed by atoms with Crippen LogP contribution < -0.4 is 5.32 Å². The van der Waals surface area contributed by atoms with Crippen LogP contribution in [0.25, 0.3) is 0 Å². The molecule has 0 aromatic heterocycles. The molecule has 1 fully saturated rings. The summed E-state index contributed by atoms with van der Waals surface area (Å²) in [5.74, 6) is 2.00. The highest BCUT2D eigenvalue weighted by atomic mass is 32.2. The Kier molecular flexibility index (Phi) is 4.29. The summed E-state index contributed by atoms with van der Waals surface area (Å²) in [4.78, 5) is 0. The minimum atomic E-state index is -0.397. The van der Waals surface area contributed by atoms with Gasteiger partial charge in [-0.25, -0.2) is 4.39 Å². The summed E-state index contributed by atoms with van der Waals surface area (Å²) in [5.41, 5.74) is 0.766. The van der Waals surface area contributed by atoms with Gasteiger partial charge < -0.3 is 10.4 Å². The van der Waals surface area contributed by atoms with E-state index in [0.717, 1.165) is 11.3 Å². The molecule has 2 atom stereocenters. The van der Waals surface area contributed by atoms with Crippen LogP contribution in [0, 0.1) is 5.82 Å². The Hall–Kier alpha value is -0.740. The van der Waals surface area contributed by atoms with E-state index in [1.807, 2.05) is 18.7 Å². The van der Waals surface area contributed by atoms with Gasteiger partial charge in [-0.2, -0.15) is 11.8 Å². The van der Waals surface area contributed by atoms with Crippen LogP contribution in [-0.2, 0) is 0 Å². The maximum absolute atomic E-state index is 12.9. The maximum Gasteiger partial charge on any atom is 0.126 e. The first-order valence-electron chi connectivity index (χ1n) is 5.99. The van der Waals surface area contributed by atoms with E-state index < -0.39 is 5.82 Å². The number of halogens is 1. The highest BCUT2D eigenvalue weighted by molar-refractivity contribution is 7.99. The van der Waals surface area contributed by atoms with E-state index in [1.54, 1.807) is 6.07 Å². The lowest BCUT2D eigenvalue weighted by Crippen LogP contribution is -2.35. The van der Waals surface area contributed by atoms with Crippen molar-refractivity contribution in [2.24, 2.45) is 0 Å². The summed E-state index contributed by atoms with van der Waals surface area (Å²) in [6, 6.07) is 4.76. The molecule has 0 aliphatic carbocycles. The second-order valence-electron chi connectivity index (χ2n) is 4.51. The van der Waals surface area contributed by atoms with E-state index in [2.05, 4.69) is 5.32 Å². The van der Waals surface area contributed by atoms with Crippen molar-refractivity contribution in [3.8, 4) is 5.75 Å². The van der Waals surface area contributed by atoms with Crippen LogP contribution in [0.1, 0.15) is 31.4 Å². The molecular formula is C13H18FNOS. The van der Waals surface area contributed by atoms with Gasteiger partial charge in [-0.1, -0.05) is 6.07 Å². The van der Waals surface area contributed by atoms with Gasteiger partial charge in [0.2, 0.25) is 0 Å². The van der Waals surface area contributed by atoms with Crippen molar-refractivity contribution in [2.75, 3.05) is 11.5 Å². The van der Waals surface area contributed by atoms with Crippen molar-refractivity contribution < 1.29 is 9.50 Å². The molecule has 0 radical (unpaired) electrons. The van der Waals surface area contributed by atoms with Crippen LogP contribution in [0.15, 0.2) is 18.2 Å². The van der Waals surface area contributed by atoms with Gasteiger partial charge in [-0.15, -0.1) is 0 Å². The van der Waals surface area contributed by atoms with Crippen molar-refractivity contribution in [2.45, 2.75) is 31.8 Å². The number of phenolic OH excluding ortho intramolecular Hbond substituents is 1. The average molecular weight is 255 g/mol. The number of nitrogens with one attached hydrogen (secondary N) is 1. The Bertz CT molecular complexity index is 380. The Labute approximate surface area is 106 Å². The van der Waals surface area contributed by atoms with E-state index in [9.17, 15) is 9.50 Å². The van der Waals surface area contributed by atoms with Gasteiger partial charge >= 0.3 is 0 Å². The van der Waals surface area contributed by atoms with Gasteiger partial charge in [0.15, 0.2) is 0 Å². The van der Waals surface area contributed by atoms with Gasteiger partial charge in [0, 0.05) is 29.5 Å². The van der Waals surface area contributed by atoms with Crippen molar-refractivity contribution in [1.29, 1.82) is 0 Å². The Morgan fingerprint density at radius 1 is 1.53 bits per heavy atom. The molecule has 4 heteroatoms. The molecule has 2 N–H and O–H groups in total. The zero-order valence-corrected chi connectivity index (χ0v) is 10.8. The van der Waals surface area contributed by atoms with Crippen LogP contribution >= 0.6 is 11.8 Å². The standard InChI is InChI=1S/C13H18FNOS/c1-9(15-11-3-2-6-17-8-11)12-5-4-10(14)7-13(12)16/h4-5,7,9,11,15-16H,2-3,6,8H2,1H3. The zero-order valence-electron chi connectivity index (χ0n) is 9.95. The fourth-order valence-corrected chi connectivity index (χ4v) is 3.28. The highest BCUT2D eigenvalue weighted by Gasteiger charge is 2.18. The largest absolute Gasteiger partial charge is 0.508 e. The second-order valence-corrected chi connectivity index (χ2v) is 5.66. The predicted octanol–water partition coefficient (Wildman–Crippen LogP) is 3.08. The summed E-state index contributed by atoms with van der Waals surface area (Å²) in [7, 11) is 0. The third-order valence-corrected chi connectivity index (χ3v) is 4.32. The maximum atomic E-state index is 12.9. The fraction of sp³-hybridized carbons (Fsp3) is 0.538. The molecule has 1 aromatic rings. The van der Waals surface area contributed by atoms with Crippen LogP contribution in [-0.4, -0.2) is 22.7 Å². The third kappa shape index (κ3) is 3.36. The van der Waals surface area contributed by atoms with Crippen molar-refractivity contribution in [3.63, 3.8) is 0 Å². The number of rotatable bonds is 3. The molecule has 1 aliphatic heterocycles. The summed E-state index contributed by atoms with van der Waals surface area (Å²) in [5, 5.41) is 13.2. The normalized spacial score (nSPS) is 22.4. The minimum Gasteiger partial charge on any atom is -0.508 e. The highest BCUT2D eigenvalue weighted by Crippen LogP contribution is 2.26. The fourth-order valence-electron chi connectivity index (χ4n) is 2.20. The minimum absolute atomic E-state index is 0.0356. The van der Waals surface area contributed by atoms with Crippen LogP contribution in [0.2, 0.25) is 0 Å². The molecule has 0 saturated carbocycles. The Morgan fingerprint density at radius 2 is 2.35 bits per heavy atom. The number of phenols is 1. The first kappa shape index (κ1) is 12.7. The Morgan fingerprint density at radius 3 is 3.00 bits per heavy atom. The molecule has 2 rings (SSSR count). The summed E-state index contributed by atoms with van der Waals surface area (Å²) >= 11 is 1.96. The lowest BCUT2D eigenvalue weighted by atomic mass is 10.0. The molecular weight excluding hydrogens is 237 g/mol. The smallest absolute Gasteiger partial charge is 0.126 e. The van der Waals surface area contributed by atoms with E-state index in [-0.39, 0.29) is 11.8 Å². The summed E-state index contributed by atoms with van der Waals surface area (Å²) < 4.78 is 12.9. The molecule has 94 valence electrons. The molecule has 1 aliphatic rings. The molecule has 1 heterocycles. The van der Waals surface area contributed by atoms with Crippen molar-refractivity contribution in [3.05, 3.63) is 29.6 Å². The van der Waals surface area contributed by atoms with E-state index in [4.69, 9.17) is 0 Å². The molecule has 0 amide bonds. The number of benzene rings is 1. The monoisotopic (exact) mass is 255 g/mol. The Balaban J connectivity index is 2.00. The number of thioether (sulfide) groups is 1. The van der Waals surface area contributed by atoms with Gasteiger partial charge in [0.25, 0.3) is 0 Å². The molecule has 2 unspecified atom stereocenters. The van der Waals surface area contributed by atoms with E-state index >= 15 is 0 Å². The lowest BCUT2D eigenvalue weighted by Gasteiger charge is -2.26. The molecule has 0 bridgehead atoms. The van der Waals surface area contributed by atoms with Crippen molar-refractivity contribution in [1.82, 2.24) is 5.32 Å². The first-order valence-corrected chi connectivity index (χ1v) is 7.14. The second kappa shape index (κ2) is 5.74. The summed E-state index contributed by atoms with van der Waals surface area (Å²) in [6.45, 7) is 2.01. The number of aromatic hydroxyl groups is 1.